The summed E-state index contributed by atoms with van der Waals surface area (Å²) in [4.78, 5) is 0. The Kier molecular flexibility index (Phi) is 6.33. The fourth-order valence-electron chi connectivity index (χ4n) is 3.83. The van der Waals surface area contributed by atoms with E-state index in [4.69, 9.17) is 0 Å². The molecule has 2 N–H and O–H groups in total. The summed E-state index contributed by atoms with van der Waals surface area (Å²) in [6.45, 7) is 5.31. The molecule has 2 aliphatic rings. The summed E-state index contributed by atoms with van der Waals surface area (Å²) in [5.41, 5.74) is -1.45. The molecule has 0 radical (unpaired) electrons. The van der Waals surface area contributed by atoms with Crippen molar-refractivity contribution in [1.82, 2.24) is 0 Å². The minimum Gasteiger partial charge on any atom is -1.00 e. The van der Waals surface area contributed by atoms with Gasteiger partial charge < -0.3 is 38.7 Å². The van der Waals surface area contributed by atoms with Gasteiger partial charge in [0.15, 0.2) is 0 Å². The number of aliphatic hydroxyl groups is 2. The fraction of sp³-hybridized carbons (Fsp3) is 0.882. The lowest BCUT2D eigenvalue weighted by Gasteiger charge is -2.49. The van der Waals surface area contributed by atoms with Crippen molar-refractivity contribution in [3.8, 4) is 0 Å². The molecule has 0 bridgehead atoms. The molecule has 3 unspecified atom stereocenters. The lowest BCUT2D eigenvalue weighted by atomic mass is 9.76. The van der Waals surface area contributed by atoms with Crippen LogP contribution in [0.4, 0.5) is 0 Å². The molecular formula is C17H32INO2. The molecule has 1 aliphatic carbocycles. The Balaban J connectivity index is 0.00000220. The van der Waals surface area contributed by atoms with E-state index < -0.39 is 11.2 Å². The highest BCUT2D eigenvalue weighted by atomic mass is 127. The van der Waals surface area contributed by atoms with E-state index in [1.54, 1.807) is 0 Å². The van der Waals surface area contributed by atoms with Crippen molar-refractivity contribution < 1.29 is 38.7 Å². The van der Waals surface area contributed by atoms with Crippen molar-refractivity contribution in [2.24, 2.45) is 5.92 Å². The minimum atomic E-state index is -0.764. The third-order valence-electron chi connectivity index (χ3n) is 5.81. The largest absolute Gasteiger partial charge is 1.00 e. The molecular weight excluding hydrogens is 377 g/mol. The van der Waals surface area contributed by atoms with Crippen LogP contribution in [0.1, 0.15) is 52.4 Å². The SMILES string of the molecule is CC1C[N+](C)(C)C(C)CC1(O)/C=C/C1(O)CCCCC1.[I-]. The Labute approximate surface area is 147 Å². The normalized spacial score (nSPS) is 39.0. The number of quaternary nitrogens is 1. The second-order valence-electron chi connectivity index (χ2n) is 7.90. The van der Waals surface area contributed by atoms with Crippen molar-refractivity contribution in [3.63, 3.8) is 0 Å². The molecule has 3 atom stereocenters. The average molecular weight is 409 g/mol. The Hall–Kier alpha value is 0.350. The third-order valence-corrected chi connectivity index (χ3v) is 5.81. The molecule has 3 nitrogen and oxygen atoms in total. The van der Waals surface area contributed by atoms with Gasteiger partial charge in [0.1, 0.15) is 0 Å². The van der Waals surface area contributed by atoms with Gasteiger partial charge >= 0.3 is 0 Å². The number of halogens is 1. The average Bonchev–Trinajstić information content (AvgIpc) is 2.35. The van der Waals surface area contributed by atoms with Gasteiger partial charge in [-0.25, -0.2) is 0 Å². The zero-order valence-corrected chi connectivity index (χ0v) is 16.1. The van der Waals surface area contributed by atoms with Gasteiger partial charge in [0.05, 0.1) is 37.9 Å². The van der Waals surface area contributed by atoms with Crippen molar-refractivity contribution in [2.45, 2.75) is 69.6 Å². The molecule has 4 heteroatoms. The van der Waals surface area contributed by atoms with Crippen LogP contribution in [-0.4, -0.2) is 52.6 Å². The molecule has 2 fully saturated rings. The van der Waals surface area contributed by atoms with Gasteiger partial charge in [-0.3, -0.25) is 0 Å². The Morgan fingerprint density at radius 3 is 2.14 bits per heavy atom. The van der Waals surface area contributed by atoms with Gasteiger partial charge in [-0.2, -0.15) is 0 Å². The molecule has 2 rings (SSSR count). The van der Waals surface area contributed by atoms with Crippen LogP contribution in [-0.2, 0) is 0 Å². The van der Waals surface area contributed by atoms with E-state index in [1.807, 2.05) is 12.2 Å². The lowest BCUT2D eigenvalue weighted by molar-refractivity contribution is -0.924. The van der Waals surface area contributed by atoms with Crippen LogP contribution in [0.15, 0.2) is 12.2 Å². The van der Waals surface area contributed by atoms with Crippen LogP contribution in [0, 0.1) is 5.92 Å². The zero-order chi connectivity index (χ0) is 15.0. The lowest BCUT2D eigenvalue weighted by Crippen LogP contribution is -3.00. The Bertz CT molecular complexity index is 377. The summed E-state index contributed by atoms with van der Waals surface area (Å²) in [7, 11) is 4.47. The molecule has 1 heterocycles. The molecule has 0 spiro atoms. The topological polar surface area (TPSA) is 40.5 Å². The first-order valence-electron chi connectivity index (χ1n) is 8.15. The predicted octanol–water partition coefficient (Wildman–Crippen LogP) is -0.522. The molecule has 124 valence electrons. The Morgan fingerprint density at radius 2 is 1.57 bits per heavy atom. The van der Waals surface area contributed by atoms with Gasteiger partial charge in [0.2, 0.25) is 0 Å². The molecule has 1 aliphatic heterocycles. The van der Waals surface area contributed by atoms with E-state index in [9.17, 15) is 10.2 Å². The maximum atomic E-state index is 11.0. The van der Waals surface area contributed by atoms with Crippen molar-refractivity contribution in [1.29, 1.82) is 0 Å². The predicted molar refractivity (Wildman–Crippen MR) is 82.3 cm³/mol. The number of nitrogens with zero attached hydrogens (tertiary/aromatic N) is 1. The van der Waals surface area contributed by atoms with Crippen LogP contribution in [0.2, 0.25) is 0 Å². The second kappa shape index (κ2) is 6.85. The standard InChI is InChI=1S/C17H32NO2.HI/c1-14-13-18(3,4)15(2)12-17(14,20)11-10-16(19)8-6-5-7-9-16;/h10-11,14-15,19-20H,5-9,12-13H2,1-4H3;1H/q+1;/p-1/b11-10+;. The molecule has 0 aromatic carbocycles. The summed E-state index contributed by atoms with van der Waals surface area (Å²) in [5.74, 6) is 0.220. The summed E-state index contributed by atoms with van der Waals surface area (Å²) in [5, 5.41) is 21.5. The third kappa shape index (κ3) is 4.43. The first kappa shape index (κ1) is 19.4. The van der Waals surface area contributed by atoms with E-state index in [-0.39, 0.29) is 29.9 Å². The molecule has 0 aromatic heterocycles. The van der Waals surface area contributed by atoms with E-state index in [0.717, 1.165) is 43.1 Å². The fourth-order valence-corrected chi connectivity index (χ4v) is 3.83. The summed E-state index contributed by atoms with van der Waals surface area (Å²) in [6.07, 6.45) is 9.67. The van der Waals surface area contributed by atoms with Gasteiger partial charge in [-0.05, 0) is 19.8 Å². The highest BCUT2D eigenvalue weighted by Crippen LogP contribution is 2.37. The number of hydrogen-bond donors (Lipinski definition) is 2. The summed E-state index contributed by atoms with van der Waals surface area (Å²) in [6, 6.07) is 0.432. The molecule has 1 saturated carbocycles. The van der Waals surface area contributed by atoms with Gasteiger partial charge in [-0.15, -0.1) is 0 Å². The van der Waals surface area contributed by atoms with Crippen LogP contribution in [0.5, 0.6) is 0 Å². The smallest absolute Gasteiger partial charge is 0.0963 e. The van der Waals surface area contributed by atoms with E-state index >= 15 is 0 Å². The monoisotopic (exact) mass is 409 g/mol. The Morgan fingerprint density at radius 1 is 1.00 bits per heavy atom. The first-order chi connectivity index (χ1) is 9.17. The van der Waals surface area contributed by atoms with Gasteiger partial charge in [-0.1, -0.05) is 38.3 Å². The minimum absolute atomic E-state index is 0. The van der Waals surface area contributed by atoms with Gasteiger partial charge in [0.25, 0.3) is 0 Å². The molecule has 0 amide bonds. The number of likely N-dealkylation sites (tertiary alicyclic amines) is 1. The van der Waals surface area contributed by atoms with E-state index in [2.05, 4.69) is 27.9 Å². The van der Waals surface area contributed by atoms with Crippen LogP contribution >= 0.6 is 0 Å². The van der Waals surface area contributed by atoms with Crippen LogP contribution in [0.25, 0.3) is 0 Å². The molecule has 21 heavy (non-hydrogen) atoms. The summed E-state index contributed by atoms with van der Waals surface area (Å²) < 4.78 is 0.960. The quantitative estimate of drug-likeness (QED) is 0.366. The van der Waals surface area contributed by atoms with E-state index in [1.165, 1.54) is 6.42 Å². The van der Waals surface area contributed by atoms with Gasteiger partial charge in [0, 0.05) is 12.3 Å². The van der Waals surface area contributed by atoms with Crippen LogP contribution < -0.4 is 24.0 Å². The first-order valence-corrected chi connectivity index (χ1v) is 8.15. The van der Waals surface area contributed by atoms with Crippen LogP contribution in [0.3, 0.4) is 0 Å². The highest BCUT2D eigenvalue weighted by molar-refractivity contribution is 5.12. The number of hydrogen-bond acceptors (Lipinski definition) is 2. The second-order valence-corrected chi connectivity index (χ2v) is 7.90. The van der Waals surface area contributed by atoms with Crippen molar-refractivity contribution in [3.05, 3.63) is 12.2 Å². The number of piperidine rings is 1. The maximum absolute atomic E-state index is 11.0. The maximum Gasteiger partial charge on any atom is 0.0963 e. The van der Waals surface area contributed by atoms with E-state index in [0.29, 0.717) is 6.04 Å². The van der Waals surface area contributed by atoms with Crippen molar-refractivity contribution >= 4 is 0 Å². The summed E-state index contributed by atoms with van der Waals surface area (Å²) >= 11 is 0. The zero-order valence-electron chi connectivity index (χ0n) is 14.0. The molecule has 1 saturated heterocycles. The molecule has 0 aromatic rings. The van der Waals surface area contributed by atoms with Crippen molar-refractivity contribution in [2.75, 3.05) is 20.6 Å². The number of rotatable bonds is 2. The highest BCUT2D eigenvalue weighted by Gasteiger charge is 2.46.